The Morgan fingerprint density at radius 2 is 1.94 bits per heavy atom. The number of amides is 1. The minimum Gasteiger partial charge on any atom is -0.478 e. The highest BCUT2D eigenvalue weighted by atomic mass is 35.5. The van der Waals surface area contributed by atoms with E-state index in [4.69, 9.17) is 28.3 Å². The van der Waals surface area contributed by atoms with Gasteiger partial charge in [0.1, 0.15) is 0 Å². The highest BCUT2D eigenvalue weighted by Gasteiger charge is 2.08. The Morgan fingerprint density at radius 3 is 2.47 bits per heavy atom. The van der Waals surface area contributed by atoms with Gasteiger partial charge in [0.25, 0.3) is 5.91 Å². The summed E-state index contributed by atoms with van der Waals surface area (Å²) in [5.41, 5.74) is 0.533. The molecule has 0 aliphatic rings. The molecule has 1 aromatic rings. The van der Waals surface area contributed by atoms with Gasteiger partial charge in [0.15, 0.2) is 0 Å². The molecule has 2 N–H and O–H groups in total. The first-order chi connectivity index (χ1) is 7.90. The van der Waals surface area contributed by atoms with Gasteiger partial charge in [0.05, 0.1) is 10.0 Å². The van der Waals surface area contributed by atoms with Crippen LogP contribution in [0.4, 0.5) is 0 Å². The third-order valence-electron chi connectivity index (χ3n) is 1.83. The normalized spacial score (nSPS) is 11.1. The minimum absolute atomic E-state index is 0.230. The van der Waals surface area contributed by atoms with Crippen LogP contribution in [-0.2, 0) is 4.79 Å². The maximum atomic E-state index is 11.7. The number of halogens is 2. The summed E-state index contributed by atoms with van der Waals surface area (Å²) < 4.78 is 0. The molecule has 1 amide bonds. The molecular formula is C11H9Cl2NO3. The van der Waals surface area contributed by atoms with E-state index in [1.807, 2.05) is 0 Å². The van der Waals surface area contributed by atoms with Crippen molar-refractivity contribution in [2.24, 2.45) is 0 Å². The fourth-order valence-electron chi connectivity index (χ4n) is 1.11. The van der Waals surface area contributed by atoms with E-state index in [1.54, 1.807) is 0 Å². The van der Waals surface area contributed by atoms with E-state index in [9.17, 15) is 9.59 Å². The van der Waals surface area contributed by atoms with Crippen LogP contribution in [0.5, 0.6) is 0 Å². The quantitative estimate of drug-likeness (QED) is 0.833. The number of hydrogen-bond acceptors (Lipinski definition) is 2. The highest BCUT2D eigenvalue weighted by molar-refractivity contribution is 6.42. The van der Waals surface area contributed by atoms with Crippen molar-refractivity contribution in [3.63, 3.8) is 0 Å². The van der Waals surface area contributed by atoms with Gasteiger partial charge in [-0.05, 0) is 25.1 Å². The summed E-state index contributed by atoms with van der Waals surface area (Å²) in [4.78, 5) is 22.0. The first-order valence-electron chi connectivity index (χ1n) is 4.58. The average molecular weight is 274 g/mol. The standard InChI is InChI=1S/C11H9Cl2NO3/c1-6(4-10(15)16)14-11(17)7-2-3-8(12)9(13)5-7/h2-5H,1H3,(H,14,17)(H,15,16)/b6-4+. The first-order valence-corrected chi connectivity index (χ1v) is 5.33. The van der Waals surface area contributed by atoms with E-state index in [0.717, 1.165) is 6.08 Å². The molecule has 90 valence electrons. The largest absolute Gasteiger partial charge is 0.478 e. The van der Waals surface area contributed by atoms with Crippen LogP contribution in [0, 0.1) is 0 Å². The second-order valence-electron chi connectivity index (χ2n) is 3.25. The monoisotopic (exact) mass is 273 g/mol. The predicted molar refractivity (Wildman–Crippen MR) is 65.3 cm³/mol. The summed E-state index contributed by atoms with van der Waals surface area (Å²) in [5, 5.41) is 11.5. The number of nitrogens with one attached hydrogen (secondary N) is 1. The molecule has 1 aromatic carbocycles. The van der Waals surface area contributed by atoms with Gasteiger partial charge in [-0.2, -0.15) is 0 Å². The Labute approximate surface area is 108 Å². The Morgan fingerprint density at radius 1 is 1.29 bits per heavy atom. The molecule has 17 heavy (non-hydrogen) atoms. The molecule has 0 fully saturated rings. The van der Waals surface area contributed by atoms with E-state index in [-0.39, 0.29) is 10.7 Å². The van der Waals surface area contributed by atoms with Gasteiger partial charge in [-0.15, -0.1) is 0 Å². The summed E-state index contributed by atoms with van der Waals surface area (Å²) in [5.74, 6) is -1.57. The Balaban J connectivity index is 2.84. The molecule has 1 rings (SSSR count). The lowest BCUT2D eigenvalue weighted by atomic mass is 10.2. The van der Waals surface area contributed by atoms with Crippen molar-refractivity contribution in [1.82, 2.24) is 5.32 Å². The number of carbonyl (C=O) groups is 2. The molecule has 0 saturated heterocycles. The van der Waals surface area contributed by atoms with Gasteiger partial charge < -0.3 is 10.4 Å². The maximum Gasteiger partial charge on any atom is 0.330 e. The Hall–Kier alpha value is -1.52. The van der Waals surface area contributed by atoms with Crippen LogP contribution in [-0.4, -0.2) is 17.0 Å². The molecular weight excluding hydrogens is 265 g/mol. The van der Waals surface area contributed by atoms with Crippen molar-refractivity contribution in [2.75, 3.05) is 0 Å². The SMILES string of the molecule is C/C(=C\C(=O)O)NC(=O)c1ccc(Cl)c(Cl)c1. The zero-order valence-corrected chi connectivity index (χ0v) is 10.3. The minimum atomic E-state index is -1.13. The van der Waals surface area contributed by atoms with Crippen LogP contribution >= 0.6 is 23.2 Å². The molecule has 4 nitrogen and oxygen atoms in total. The lowest BCUT2D eigenvalue weighted by Gasteiger charge is -2.05. The van der Waals surface area contributed by atoms with E-state index in [0.29, 0.717) is 10.6 Å². The fourth-order valence-corrected chi connectivity index (χ4v) is 1.41. The summed E-state index contributed by atoms with van der Waals surface area (Å²) in [7, 11) is 0. The van der Waals surface area contributed by atoms with E-state index >= 15 is 0 Å². The second kappa shape index (κ2) is 5.70. The number of carboxylic acids is 1. The van der Waals surface area contributed by atoms with Crippen molar-refractivity contribution in [3.8, 4) is 0 Å². The van der Waals surface area contributed by atoms with Gasteiger partial charge in [-0.25, -0.2) is 4.79 Å². The van der Waals surface area contributed by atoms with Crippen molar-refractivity contribution >= 4 is 35.1 Å². The lowest BCUT2D eigenvalue weighted by Crippen LogP contribution is -2.22. The van der Waals surface area contributed by atoms with Crippen LogP contribution in [0.25, 0.3) is 0 Å². The van der Waals surface area contributed by atoms with Gasteiger partial charge >= 0.3 is 5.97 Å². The third kappa shape index (κ3) is 4.09. The molecule has 0 atom stereocenters. The molecule has 0 aliphatic heterocycles. The molecule has 0 heterocycles. The molecule has 6 heteroatoms. The smallest absolute Gasteiger partial charge is 0.330 e. The van der Waals surface area contributed by atoms with Crippen molar-refractivity contribution in [3.05, 3.63) is 45.6 Å². The van der Waals surface area contributed by atoms with Crippen molar-refractivity contribution < 1.29 is 14.7 Å². The molecule has 0 radical (unpaired) electrons. The van der Waals surface area contributed by atoms with Crippen LogP contribution in [0.15, 0.2) is 30.0 Å². The number of carbonyl (C=O) groups excluding carboxylic acids is 1. The molecule has 0 spiro atoms. The molecule has 0 aromatic heterocycles. The average Bonchev–Trinajstić information content (AvgIpc) is 2.20. The van der Waals surface area contributed by atoms with E-state index in [1.165, 1.54) is 25.1 Å². The highest BCUT2D eigenvalue weighted by Crippen LogP contribution is 2.22. The second-order valence-corrected chi connectivity index (χ2v) is 4.06. The summed E-state index contributed by atoms with van der Waals surface area (Å²) in [6.07, 6.45) is 0.898. The maximum absolute atomic E-state index is 11.7. The summed E-state index contributed by atoms with van der Waals surface area (Å²) in [6.45, 7) is 1.48. The van der Waals surface area contributed by atoms with E-state index in [2.05, 4.69) is 5.32 Å². The number of carboxylic acid groups (broad SMARTS) is 1. The van der Waals surface area contributed by atoms with Crippen LogP contribution in [0.3, 0.4) is 0 Å². The Kier molecular flexibility index (Phi) is 4.54. The van der Waals surface area contributed by atoms with Crippen molar-refractivity contribution in [2.45, 2.75) is 6.92 Å². The first kappa shape index (κ1) is 13.5. The van der Waals surface area contributed by atoms with Gasteiger partial charge in [0, 0.05) is 17.3 Å². The van der Waals surface area contributed by atoms with Crippen LogP contribution < -0.4 is 5.32 Å². The third-order valence-corrected chi connectivity index (χ3v) is 2.57. The summed E-state index contributed by atoms with van der Waals surface area (Å²) in [6, 6.07) is 4.40. The fraction of sp³-hybridized carbons (Fsp3) is 0.0909. The van der Waals surface area contributed by atoms with Gasteiger partial charge in [0.2, 0.25) is 0 Å². The number of hydrogen-bond donors (Lipinski definition) is 2. The van der Waals surface area contributed by atoms with E-state index < -0.39 is 11.9 Å². The number of allylic oxidation sites excluding steroid dienone is 1. The number of aliphatic carboxylic acids is 1. The zero-order valence-electron chi connectivity index (χ0n) is 8.83. The Bertz CT molecular complexity index is 497. The van der Waals surface area contributed by atoms with Crippen LogP contribution in [0.2, 0.25) is 10.0 Å². The van der Waals surface area contributed by atoms with Gasteiger partial charge in [-0.3, -0.25) is 4.79 Å². The molecule has 0 unspecified atom stereocenters. The topological polar surface area (TPSA) is 66.4 Å². The molecule has 0 bridgehead atoms. The van der Waals surface area contributed by atoms with Crippen molar-refractivity contribution in [1.29, 1.82) is 0 Å². The van der Waals surface area contributed by atoms with Gasteiger partial charge in [-0.1, -0.05) is 23.2 Å². The molecule has 0 saturated carbocycles. The zero-order chi connectivity index (χ0) is 13.0. The molecule has 0 aliphatic carbocycles. The lowest BCUT2D eigenvalue weighted by molar-refractivity contribution is -0.131. The predicted octanol–water partition coefficient (Wildman–Crippen LogP) is 2.71. The number of rotatable bonds is 3. The summed E-state index contributed by atoms with van der Waals surface area (Å²) >= 11 is 11.5. The number of benzene rings is 1. The van der Waals surface area contributed by atoms with Crippen LogP contribution in [0.1, 0.15) is 17.3 Å².